The average Bonchev–Trinajstić information content (AvgIpc) is 2.89. The monoisotopic (exact) mass is 249 g/mol. The molecule has 1 saturated heterocycles. The molecule has 0 aromatic heterocycles. The maximum Gasteiger partial charge on any atom is 0.126 e. The zero-order valence-corrected chi connectivity index (χ0v) is 11.7. The van der Waals surface area contributed by atoms with Crippen LogP contribution in [0.1, 0.15) is 29.2 Å². The molecule has 3 nitrogen and oxygen atoms in total. The topological polar surface area (TPSA) is 30.5 Å². The van der Waals surface area contributed by atoms with Crippen LogP contribution < -0.4 is 10.1 Å². The zero-order valence-electron chi connectivity index (χ0n) is 11.7. The molecule has 18 heavy (non-hydrogen) atoms. The third kappa shape index (κ3) is 2.38. The Labute approximate surface area is 109 Å². The number of hydrogen-bond acceptors (Lipinski definition) is 3. The van der Waals surface area contributed by atoms with Crippen molar-refractivity contribution in [3.8, 4) is 5.75 Å². The lowest BCUT2D eigenvalue weighted by Crippen LogP contribution is -2.26. The fourth-order valence-corrected chi connectivity index (χ4v) is 2.79. The van der Waals surface area contributed by atoms with E-state index in [2.05, 4.69) is 31.3 Å². The largest absolute Gasteiger partial charge is 0.496 e. The van der Waals surface area contributed by atoms with Crippen molar-refractivity contribution in [2.24, 2.45) is 5.92 Å². The minimum absolute atomic E-state index is 0.307. The first-order chi connectivity index (χ1) is 8.69. The highest BCUT2D eigenvalue weighted by molar-refractivity contribution is 5.47. The van der Waals surface area contributed by atoms with Gasteiger partial charge in [0.15, 0.2) is 0 Å². The smallest absolute Gasteiger partial charge is 0.126 e. The summed E-state index contributed by atoms with van der Waals surface area (Å²) in [7, 11) is 3.76. The summed E-state index contributed by atoms with van der Waals surface area (Å²) in [4.78, 5) is 0. The Morgan fingerprint density at radius 1 is 1.39 bits per heavy atom. The van der Waals surface area contributed by atoms with Crippen LogP contribution in [0.15, 0.2) is 12.1 Å². The van der Waals surface area contributed by atoms with E-state index in [4.69, 9.17) is 9.47 Å². The van der Waals surface area contributed by atoms with Crippen LogP contribution in [0.3, 0.4) is 0 Å². The van der Waals surface area contributed by atoms with Gasteiger partial charge in [-0.2, -0.15) is 0 Å². The van der Waals surface area contributed by atoms with Gasteiger partial charge in [0.2, 0.25) is 0 Å². The van der Waals surface area contributed by atoms with Gasteiger partial charge in [-0.15, -0.1) is 0 Å². The Morgan fingerprint density at radius 2 is 2.17 bits per heavy atom. The summed E-state index contributed by atoms with van der Waals surface area (Å²) in [6.07, 6.45) is 1.11. The number of nitrogens with one attached hydrogen (secondary N) is 1. The van der Waals surface area contributed by atoms with E-state index >= 15 is 0 Å². The van der Waals surface area contributed by atoms with Crippen LogP contribution in [0.5, 0.6) is 5.75 Å². The number of methoxy groups -OCH3 is 1. The van der Waals surface area contributed by atoms with Crippen molar-refractivity contribution in [1.29, 1.82) is 0 Å². The molecular weight excluding hydrogens is 226 g/mol. The quantitative estimate of drug-likeness (QED) is 0.889. The summed E-state index contributed by atoms with van der Waals surface area (Å²) in [5, 5.41) is 3.42. The molecule has 2 atom stereocenters. The number of benzene rings is 1. The highest BCUT2D eigenvalue weighted by atomic mass is 16.5. The van der Waals surface area contributed by atoms with Crippen LogP contribution in [0.2, 0.25) is 0 Å². The van der Waals surface area contributed by atoms with Crippen molar-refractivity contribution in [1.82, 2.24) is 5.32 Å². The molecule has 0 spiro atoms. The number of hydrogen-bond donors (Lipinski definition) is 1. The van der Waals surface area contributed by atoms with E-state index in [0.717, 1.165) is 25.4 Å². The number of aryl methyl sites for hydroxylation is 1. The molecule has 1 aliphatic heterocycles. The molecule has 2 rings (SSSR count). The van der Waals surface area contributed by atoms with E-state index in [1.54, 1.807) is 7.11 Å². The van der Waals surface area contributed by atoms with E-state index < -0.39 is 0 Å². The predicted octanol–water partition coefficient (Wildman–Crippen LogP) is 2.61. The van der Waals surface area contributed by atoms with Crippen LogP contribution in [-0.2, 0) is 4.74 Å². The van der Waals surface area contributed by atoms with Crippen LogP contribution in [-0.4, -0.2) is 27.4 Å². The fraction of sp³-hybridized carbons (Fsp3) is 0.600. The highest BCUT2D eigenvalue weighted by Gasteiger charge is 2.28. The first-order valence-electron chi connectivity index (χ1n) is 6.58. The molecule has 1 aromatic carbocycles. The van der Waals surface area contributed by atoms with Crippen molar-refractivity contribution in [2.75, 3.05) is 27.4 Å². The summed E-state index contributed by atoms with van der Waals surface area (Å²) in [5.74, 6) is 1.55. The third-order valence-corrected chi connectivity index (χ3v) is 3.99. The predicted molar refractivity (Wildman–Crippen MR) is 73.2 cm³/mol. The van der Waals surface area contributed by atoms with E-state index in [1.165, 1.54) is 16.7 Å². The molecule has 0 saturated carbocycles. The standard InChI is InChI=1S/C15H23NO2/c1-10-5-6-13(15(17-4)11(10)2)14(16-3)12-7-8-18-9-12/h5-6,12,14,16H,7-9H2,1-4H3. The van der Waals surface area contributed by atoms with E-state index in [1.807, 2.05) is 7.05 Å². The van der Waals surface area contributed by atoms with Gasteiger partial charge in [0.25, 0.3) is 0 Å². The second-order valence-corrected chi connectivity index (χ2v) is 5.02. The fourth-order valence-electron chi connectivity index (χ4n) is 2.79. The Morgan fingerprint density at radius 3 is 2.72 bits per heavy atom. The lowest BCUT2D eigenvalue weighted by molar-refractivity contribution is 0.177. The van der Waals surface area contributed by atoms with Crippen LogP contribution >= 0.6 is 0 Å². The molecule has 0 aliphatic carbocycles. The molecule has 2 unspecified atom stereocenters. The average molecular weight is 249 g/mol. The minimum atomic E-state index is 0.307. The lowest BCUT2D eigenvalue weighted by Gasteiger charge is -2.25. The molecule has 100 valence electrons. The van der Waals surface area contributed by atoms with Crippen LogP contribution in [0, 0.1) is 19.8 Å². The van der Waals surface area contributed by atoms with E-state index in [-0.39, 0.29) is 0 Å². The van der Waals surface area contributed by atoms with Crippen molar-refractivity contribution in [3.05, 3.63) is 28.8 Å². The minimum Gasteiger partial charge on any atom is -0.496 e. The lowest BCUT2D eigenvalue weighted by atomic mass is 9.89. The van der Waals surface area contributed by atoms with Gasteiger partial charge in [-0.05, 0) is 38.4 Å². The molecule has 1 N–H and O–H groups in total. The first kappa shape index (κ1) is 13.4. The molecule has 3 heteroatoms. The van der Waals surface area contributed by atoms with Gasteiger partial charge in [0, 0.05) is 24.1 Å². The Kier molecular flexibility index (Phi) is 4.25. The van der Waals surface area contributed by atoms with Crippen molar-refractivity contribution >= 4 is 0 Å². The second-order valence-electron chi connectivity index (χ2n) is 5.02. The molecular formula is C15H23NO2. The van der Waals surface area contributed by atoms with Gasteiger partial charge in [-0.3, -0.25) is 0 Å². The Hall–Kier alpha value is -1.06. The summed E-state index contributed by atoms with van der Waals surface area (Å²) < 4.78 is 11.1. The van der Waals surface area contributed by atoms with Crippen molar-refractivity contribution in [3.63, 3.8) is 0 Å². The molecule has 0 bridgehead atoms. The zero-order chi connectivity index (χ0) is 13.1. The maximum atomic E-state index is 5.62. The summed E-state index contributed by atoms with van der Waals surface area (Å²) in [5.41, 5.74) is 3.75. The van der Waals surface area contributed by atoms with Crippen LogP contribution in [0.25, 0.3) is 0 Å². The molecule has 0 amide bonds. The van der Waals surface area contributed by atoms with Gasteiger partial charge in [0.05, 0.1) is 13.7 Å². The van der Waals surface area contributed by atoms with Crippen LogP contribution in [0.4, 0.5) is 0 Å². The second kappa shape index (κ2) is 5.72. The van der Waals surface area contributed by atoms with Gasteiger partial charge < -0.3 is 14.8 Å². The van der Waals surface area contributed by atoms with E-state index in [0.29, 0.717) is 12.0 Å². The Bertz CT molecular complexity index is 411. The van der Waals surface area contributed by atoms with Gasteiger partial charge in [-0.1, -0.05) is 12.1 Å². The van der Waals surface area contributed by atoms with Gasteiger partial charge in [-0.25, -0.2) is 0 Å². The Balaban J connectivity index is 2.38. The summed E-state index contributed by atoms with van der Waals surface area (Å²) in [6.45, 7) is 5.95. The van der Waals surface area contributed by atoms with Crippen molar-refractivity contribution < 1.29 is 9.47 Å². The van der Waals surface area contributed by atoms with Gasteiger partial charge >= 0.3 is 0 Å². The number of rotatable bonds is 4. The third-order valence-electron chi connectivity index (χ3n) is 3.99. The summed E-state index contributed by atoms with van der Waals surface area (Å²) >= 11 is 0. The highest BCUT2D eigenvalue weighted by Crippen LogP contribution is 2.36. The SMILES string of the molecule is CNC(c1ccc(C)c(C)c1OC)C1CCOC1. The number of ether oxygens (including phenoxy) is 2. The molecule has 1 aromatic rings. The first-order valence-corrected chi connectivity index (χ1v) is 6.58. The van der Waals surface area contributed by atoms with E-state index in [9.17, 15) is 0 Å². The van der Waals surface area contributed by atoms with Gasteiger partial charge in [0.1, 0.15) is 5.75 Å². The molecule has 1 aliphatic rings. The molecule has 1 fully saturated rings. The molecule has 1 heterocycles. The maximum absolute atomic E-state index is 5.62. The summed E-state index contributed by atoms with van der Waals surface area (Å²) in [6, 6.07) is 4.66. The molecule has 0 radical (unpaired) electrons. The normalized spacial score (nSPS) is 21.0. The van der Waals surface area contributed by atoms with Crippen molar-refractivity contribution in [2.45, 2.75) is 26.3 Å².